The highest BCUT2D eigenvalue weighted by Crippen LogP contribution is 2.47. The van der Waals surface area contributed by atoms with Crippen molar-refractivity contribution in [1.29, 1.82) is 0 Å². The lowest BCUT2D eigenvalue weighted by molar-refractivity contribution is 1.18. The summed E-state index contributed by atoms with van der Waals surface area (Å²) in [6.07, 6.45) is 0. The summed E-state index contributed by atoms with van der Waals surface area (Å²) in [4.78, 5) is 2.46. The molecular formula is C56H36N2S. The van der Waals surface area contributed by atoms with Gasteiger partial charge in [0.05, 0.1) is 16.7 Å². The number of para-hydroxylation sites is 3. The summed E-state index contributed by atoms with van der Waals surface area (Å²) in [5, 5.41) is 10.1. The average molecular weight is 769 g/mol. The smallest absolute Gasteiger partial charge is 0.0619 e. The summed E-state index contributed by atoms with van der Waals surface area (Å²) in [5.74, 6) is 0. The van der Waals surface area contributed by atoms with Crippen molar-refractivity contribution in [2.24, 2.45) is 0 Å². The summed E-state index contributed by atoms with van der Waals surface area (Å²) >= 11 is 1.86. The van der Waals surface area contributed by atoms with Gasteiger partial charge in [-0.15, -0.1) is 11.3 Å². The van der Waals surface area contributed by atoms with E-state index in [0.29, 0.717) is 0 Å². The van der Waals surface area contributed by atoms with Gasteiger partial charge in [-0.2, -0.15) is 0 Å². The van der Waals surface area contributed by atoms with Crippen LogP contribution in [-0.4, -0.2) is 4.57 Å². The number of benzene rings is 10. The molecule has 0 saturated heterocycles. The molecule has 0 unspecified atom stereocenters. The fourth-order valence-electron chi connectivity index (χ4n) is 9.36. The molecular weight excluding hydrogens is 733 g/mol. The number of fused-ring (bicyclic) bond motifs is 9. The number of anilines is 3. The van der Waals surface area contributed by atoms with E-state index in [9.17, 15) is 0 Å². The molecule has 3 heteroatoms. The molecule has 0 aliphatic rings. The number of aromatic nitrogens is 1. The van der Waals surface area contributed by atoms with E-state index < -0.39 is 0 Å². The highest BCUT2D eigenvalue weighted by Gasteiger charge is 2.21. The molecule has 0 saturated carbocycles. The first-order valence-corrected chi connectivity index (χ1v) is 21.0. The third-order valence-corrected chi connectivity index (χ3v) is 13.1. The van der Waals surface area contributed by atoms with Crippen LogP contribution >= 0.6 is 11.3 Å². The van der Waals surface area contributed by atoms with Gasteiger partial charge in [-0.3, -0.25) is 0 Å². The van der Waals surface area contributed by atoms with E-state index in [0.717, 1.165) is 22.7 Å². The first-order chi connectivity index (χ1) is 29.3. The summed E-state index contributed by atoms with van der Waals surface area (Å²) in [6, 6.07) is 80.0. The molecule has 59 heavy (non-hydrogen) atoms. The van der Waals surface area contributed by atoms with Gasteiger partial charge < -0.3 is 9.47 Å². The zero-order chi connectivity index (χ0) is 38.9. The predicted octanol–water partition coefficient (Wildman–Crippen LogP) is 16.3. The molecule has 10 aromatic carbocycles. The number of hydrogen-bond donors (Lipinski definition) is 0. The van der Waals surface area contributed by atoms with Gasteiger partial charge in [0.15, 0.2) is 0 Å². The van der Waals surface area contributed by atoms with Crippen LogP contribution in [-0.2, 0) is 0 Å². The maximum absolute atomic E-state index is 2.46. The van der Waals surface area contributed by atoms with Crippen molar-refractivity contribution in [3.63, 3.8) is 0 Å². The Balaban J connectivity index is 1.07. The lowest BCUT2D eigenvalue weighted by Crippen LogP contribution is -2.10. The van der Waals surface area contributed by atoms with Crippen molar-refractivity contribution in [2.45, 2.75) is 0 Å². The third kappa shape index (κ3) is 5.40. The second-order valence-electron chi connectivity index (χ2n) is 15.3. The number of hydrogen-bond acceptors (Lipinski definition) is 2. The SMILES string of the molecule is c1ccc(-n2c3ccccc3c3cccc(-c4cccc(N(c5ccc(-c6cc7ccccc7c7ccccc67)cc5)c5cccc6sc7ccccc7c56)c4)c32)cc1. The van der Waals surface area contributed by atoms with Crippen LogP contribution in [0.2, 0.25) is 0 Å². The molecule has 12 aromatic rings. The van der Waals surface area contributed by atoms with Crippen LogP contribution in [0.25, 0.3) is 91.5 Å². The normalized spacial score (nSPS) is 11.7. The van der Waals surface area contributed by atoms with E-state index >= 15 is 0 Å². The van der Waals surface area contributed by atoms with Crippen molar-refractivity contribution in [3.8, 4) is 27.9 Å². The van der Waals surface area contributed by atoms with Crippen LogP contribution in [0.4, 0.5) is 17.1 Å². The van der Waals surface area contributed by atoms with Crippen molar-refractivity contribution in [3.05, 3.63) is 218 Å². The topological polar surface area (TPSA) is 8.17 Å². The first kappa shape index (κ1) is 33.7. The molecule has 2 heterocycles. The Morgan fingerprint density at radius 3 is 1.90 bits per heavy atom. The Labute approximate surface area is 346 Å². The molecule has 12 rings (SSSR count). The highest BCUT2D eigenvalue weighted by molar-refractivity contribution is 7.26. The van der Waals surface area contributed by atoms with E-state index in [2.05, 4.69) is 228 Å². The number of rotatable bonds is 6. The summed E-state index contributed by atoms with van der Waals surface area (Å²) < 4.78 is 5.00. The zero-order valence-corrected chi connectivity index (χ0v) is 32.9. The Morgan fingerprint density at radius 2 is 1.03 bits per heavy atom. The molecule has 0 radical (unpaired) electrons. The minimum atomic E-state index is 1.11. The van der Waals surface area contributed by atoms with Gasteiger partial charge in [0, 0.05) is 53.6 Å². The van der Waals surface area contributed by atoms with Crippen molar-refractivity contribution in [1.82, 2.24) is 4.57 Å². The van der Waals surface area contributed by atoms with Crippen LogP contribution in [0.1, 0.15) is 0 Å². The summed E-state index contributed by atoms with van der Waals surface area (Å²) in [6.45, 7) is 0. The molecule has 2 aromatic heterocycles. The minimum Gasteiger partial charge on any atom is -0.310 e. The van der Waals surface area contributed by atoms with Gasteiger partial charge in [0.25, 0.3) is 0 Å². The van der Waals surface area contributed by atoms with Crippen molar-refractivity contribution >= 4 is 91.9 Å². The van der Waals surface area contributed by atoms with E-state index in [4.69, 9.17) is 0 Å². The van der Waals surface area contributed by atoms with Gasteiger partial charge in [-0.25, -0.2) is 0 Å². The Morgan fingerprint density at radius 1 is 0.373 bits per heavy atom. The second kappa shape index (κ2) is 13.6. The van der Waals surface area contributed by atoms with Crippen LogP contribution < -0.4 is 4.90 Å². The fourth-order valence-corrected chi connectivity index (χ4v) is 10.5. The predicted molar refractivity (Wildman–Crippen MR) is 254 cm³/mol. The summed E-state index contributed by atoms with van der Waals surface area (Å²) in [7, 11) is 0. The molecule has 2 nitrogen and oxygen atoms in total. The molecule has 0 aliphatic carbocycles. The second-order valence-corrected chi connectivity index (χ2v) is 16.3. The van der Waals surface area contributed by atoms with Gasteiger partial charge in [0.2, 0.25) is 0 Å². The number of thiophene rings is 1. The van der Waals surface area contributed by atoms with Gasteiger partial charge in [-0.1, -0.05) is 152 Å². The monoisotopic (exact) mass is 768 g/mol. The van der Waals surface area contributed by atoms with Crippen LogP contribution in [0.3, 0.4) is 0 Å². The lowest BCUT2D eigenvalue weighted by atomic mass is 9.93. The van der Waals surface area contributed by atoms with E-state index in [-0.39, 0.29) is 0 Å². The van der Waals surface area contributed by atoms with E-state index in [1.54, 1.807) is 0 Å². The Bertz CT molecular complexity index is 3560. The molecule has 0 fully saturated rings. The molecule has 0 N–H and O–H groups in total. The fraction of sp³-hybridized carbons (Fsp3) is 0. The van der Waals surface area contributed by atoms with Gasteiger partial charge in [-0.05, 0) is 105 Å². The average Bonchev–Trinajstić information content (AvgIpc) is 3.86. The molecule has 0 aliphatic heterocycles. The third-order valence-electron chi connectivity index (χ3n) is 12.0. The Kier molecular flexibility index (Phi) is 7.75. The maximum atomic E-state index is 2.46. The highest BCUT2D eigenvalue weighted by atomic mass is 32.1. The maximum Gasteiger partial charge on any atom is 0.0619 e. The van der Waals surface area contributed by atoms with E-state index in [1.807, 2.05) is 11.3 Å². The van der Waals surface area contributed by atoms with E-state index in [1.165, 1.54) is 85.8 Å². The molecule has 0 bridgehead atoms. The molecule has 0 spiro atoms. The zero-order valence-electron chi connectivity index (χ0n) is 32.1. The van der Waals surface area contributed by atoms with Gasteiger partial charge >= 0.3 is 0 Å². The van der Waals surface area contributed by atoms with Crippen LogP contribution in [0, 0.1) is 0 Å². The largest absolute Gasteiger partial charge is 0.310 e. The molecule has 276 valence electrons. The lowest BCUT2D eigenvalue weighted by Gasteiger charge is -2.27. The summed E-state index contributed by atoms with van der Waals surface area (Å²) in [5.41, 5.74) is 11.7. The van der Waals surface area contributed by atoms with Crippen LogP contribution in [0.15, 0.2) is 218 Å². The quantitative estimate of drug-likeness (QED) is 0.153. The number of nitrogens with zero attached hydrogens (tertiary/aromatic N) is 2. The standard InChI is InChI=1S/C56H36N2S/c1-2-17-40(18-3-1)58-51-27-10-8-23-47(51)48-26-13-25-44(56(48)58)38-16-12-19-42(35-38)57(52-28-14-30-54-55(52)49-24-9-11-29-53(49)59-54)41-33-31-37(32-34-41)50-36-39-15-4-5-20-43(39)45-21-6-7-22-46(45)50/h1-36H. The van der Waals surface area contributed by atoms with Crippen molar-refractivity contribution in [2.75, 3.05) is 4.90 Å². The first-order valence-electron chi connectivity index (χ1n) is 20.2. The Hall–Kier alpha value is -7.46. The molecule has 0 atom stereocenters. The minimum absolute atomic E-state index is 1.11. The molecule has 0 amide bonds. The van der Waals surface area contributed by atoms with Crippen LogP contribution in [0.5, 0.6) is 0 Å². The van der Waals surface area contributed by atoms with Gasteiger partial charge in [0.1, 0.15) is 0 Å². The van der Waals surface area contributed by atoms with Crippen molar-refractivity contribution < 1.29 is 0 Å².